The van der Waals surface area contributed by atoms with Gasteiger partial charge in [0.25, 0.3) is 0 Å². The van der Waals surface area contributed by atoms with Gasteiger partial charge in [-0.25, -0.2) is 0 Å². The molecule has 1 heterocycles. The largest absolute Gasteiger partial charge is 0.497 e. The summed E-state index contributed by atoms with van der Waals surface area (Å²) in [4.78, 5) is 36.7. The zero-order valence-electron chi connectivity index (χ0n) is 17.0. The molecule has 2 rings (SSSR count). The van der Waals surface area contributed by atoms with Crippen LogP contribution >= 0.6 is 11.8 Å². The zero-order valence-corrected chi connectivity index (χ0v) is 17.8. The second kappa shape index (κ2) is 10.7. The van der Waals surface area contributed by atoms with E-state index in [0.717, 1.165) is 22.0 Å². The van der Waals surface area contributed by atoms with Crippen LogP contribution in [-0.2, 0) is 25.6 Å². The van der Waals surface area contributed by atoms with Crippen molar-refractivity contribution in [2.75, 3.05) is 26.6 Å². The number of carbonyl (C=O) groups is 3. The van der Waals surface area contributed by atoms with Crippen molar-refractivity contribution in [3.63, 3.8) is 0 Å². The molecule has 0 aliphatic carbocycles. The number of benzene rings is 1. The standard InChI is InChI=1S/C21H25NO6S/c1-14-11-18(15(2)22(14)10-9-20(24)27-4)19(23)12-28-21(25)13-29-17-7-5-16(26-3)6-8-17/h5-8,11H,9-10,12-13H2,1-4H3. The van der Waals surface area contributed by atoms with Crippen LogP contribution in [0.2, 0.25) is 0 Å². The Balaban J connectivity index is 1.86. The van der Waals surface area contributed by atoms with Gasteiger partial charge in [0.15, 0.2) is 6.61 Å². The Labute approximate surface area is 174 Å². The first-order valence-corrected chi connectivity index (χ1v) is 10.0. The number of aryl methyl sites for hydroxylation is 1. The van der Waals surface area contributed by atoms with E-state index in [1.807, 2.05) is 35.8 Å². The predicted molar refractivity (Wildman–Crippen MR) is 110 cm³/mol. The molecule has 2 aromatic rings. The number of nitrogens with zero attached hydrogens (tertiary/aromatic N) is 1. The summed E-state index contributed by atoms with van der Waals surface area (Å²) in [7, 11) is 2.93. The molecule has 0 saturated carbocycles. The van der Waals surface area contributed by atoms with Gasteiger partial charge < -0.3 is 18.8 Å². The first-order chi connectivity index (χ1) is 13.8. The third-order valence-corrected chi connectivity index (χ3v) is 5.41. The Hall–Kier alpha value is -2.74. The zero-order chi connectivity index (χ0) is 21.4. The molecule has 7 nitrogen and oxygen atoms in total. The molecule has 0 saturated heterocycles. The van der Waals surface area contributed by atoms with Crippen molar-refractivity contribution in [1.29, 1.82) is 0 Å². The molecule has 8 heteroatoms. The number of ether oxygens (including phenoxy) is 3. The van der Waals surface area contributed by atoms with E-state index in [1.54, 1.807) is 20.1 Å². The molecular weight excluding hydrogens is 394 g/mol. The van der Waals surface area contributed by atoms with Gasteiger partial charge in [-0.2, -0.15) is 0 Å². The summed E-state index contributed by atoms with van der Waals surface area (Å²) in [6, 6.07) is 9.07. The number of aromatic nitrogens is 1. The summed E-state index contributed by atoms with van der Waals surface area (Å²) < 4.78 is 16.8. The van der Waals surface area contributed by atoms with Gasteiger partial charge in [-0.3, -0.25) is 14.4 Å². The molecule has 0 N–H and O–H groups in total. The number of thioether (sulfide) groups is 1. The minimum absolute atomic E-state index is 0.109. The molecule has 0 amide bonds. The van der Waals surface area contributed by atoms with Crippen LogP contribution in [0, 0.1) is 13.8 Å². The summed E-state index contributed by atoms with van der Waals surface area (Å²) >= 11 is 1.33. The van der Waals surface area contributed by atoms with Crippen molar-refractivity contribution in [3.8, 4) is 5.75 Å². The molecule has 0 radical (unpaired) electrons. The fraction of sp³-hybridized carbons (Fsp3) is 0.381. The molecule has 0 aliphatic rings. The number of methoxy groups -OCH3 is 2. The highest BCUT2D eigenvalue weighted by Crippen LogP contribution is 2.21. The van der Waals surface area contributed by atoms with E-state index in [0.29, 0.717) is 12.1 Å². The summed E-state index contributed by atoms with van der Waals surface area (Å²) in [5.41, 5.74) is 2.08. The Morgan fingerprint density at radius 1 is 1.03 bits per heavy atom. The molecule has 0 fully saturated rings. The van der Waals surface area contributed by atoms with Crippen molar-refractivity contribution in [2.45, 2.75) is 31.7 Å². The fourth-order valence-electron chi connectivity index (χ4n) is 2.81. The lowest BCUT2D eigenvalue weighted by atomic mass is 10.1. The van der Waals surface area contributed by atoms with Crippen molar-refractivity contribution < 1.29 is 28.6 Å². The van der Waals surface area contributed by atoms with E-state index in [-0.39, 0.29) is 30.5 Å². The lowest BCUT2D eigenvalue weighted by molar-refractivity contribution is -0.141. The van der Waals surface area contributed by atoms with Gasteiger partial charge in [0.05, 0.1) is 26.4 Å². The van der Waals surface area contributed by atoms with Gasteiger partial charge in [0, 0.05) is 28.4 Å². The second-order valence-corrected chi connectivity index (χ2v) is 7.36. The van der Waals surface area contributed by atoms with Crippen LogP contribution in [-0.4, -0.2) is 48.9 Å². The fourth-order valence-corrected chi connectivity index (χ4v) is 3.51. The van der Waals surface area contributed by atoms with E-state index in [2.05, 4.69) is 4.74 Å². The normalized spacial score (nSPS) is 10.5. The highest BCUT2D eigenvalue weighted by atomic mass is 32.2. The quantitative estimate of drug-likeness (QED) is 0.332. The van der Waals surface area contributed by atoms with E-state index in [9.17, 15) is 14.4 Å². The van der Waals surface area contributed by atoms with Gasteiger partial charge in [0.1, 0.15) is 5.75 Å². The molecule has 156 valence electrons. The summed E-state index contributed by atoms with van der Waals surface area (Å²) in [5.74, 6) is -0.193. The van der Waals surface area contributed by atoms with Crippen LogP contribution in [0.15, 0.2) is 35.2 Å². The SMILES string of the molecule is COC(=O)CCn1c(C)cc(C(=O)COC(=O)CSc2ccc(OC)cc2)c1C. The van der Waals surface area contributed by atoms with E-state index in [1.165, 1.54) is 18.9 Å². The Morgan fingerprint density at radius 2 is 1.72 bits per heavy atom. The van der Waals surface area contributed by atoms with Gasteiger partial charge in [-0.1, -0.05) is 0 Å². The van der Waals surface area contributed by atoms with Crippen molar-refractivity contribution in [3.05, 3.63) is 47.3 Å². The highest BCUT2D eigenvalue weighted by molar-refractivity contribution is 8.00. The molecule has 0 unspecified atom stereocenters. The van der Waals surface area contributed by atoms with Crippen LogP contribution in [0.3, 0.4) is 0 Å². The second-order valence-electron chi connectivity index (χ2n) is 6.31. The van der Waals surface area contributed by atoms with Crippen molar-refractivity contribution in [2.24, 2.45) is 0 Å². The molecular formula is C21H25NO6S. The Kier molecular flexibility index (Phi) is 8.33. The lowest BCUT2D eigenvalue weighted by Crippen LogP contribution is -2.16. The first kappa shape index (κ1) is 22.5. The minimum atomic E-state index is -0.460. The van der Waals surface area contributed by atoms with Crippen LogP contribution in [0.1, 0.15) is 28.2 Å². The number of hydrogen-bond acceptors (Lipinski definition) is 7. The maximum Gasteiger partial charge on any atom is 0.316 e. The average Bonchev–Trinajstić information content (AvgIpc) is 3.02. The molecule has 0 bridgehead atoms. The lowest BCUT2D eigenvalue weighted by Gasteiger charge is -2.09. The molecule has 1 aromatic heterocycles. The third kappa shape index (κ3) is 6.39. The number of hydrogen-bond donors (Lipinski definition) is 0. The number of Topliss-reactive ketones (excluding diaryl/α,β-unsaturated/α-hetero) is 1. The van der Waals surface area contributed by atoms with Crippen LogP contribution in [0.25, 0.3) is 0 Å². The van der Waals surface area contributed by atoms with Crippen LogP contribution in [0.4, 0.5) is 0 Å². The summed E-state index contributed by atoms with van der Waals surface area (Å²) in [5, 5.41) is 0. The maximum atomic E-state index is 12.5. The highest BCUT2D eigenvalue weighted by Gasteiger charge is 2.18. The number of rotatable bonds is 10. The van der Waals surface area contributed by atoms with E-state index >= 15 is 0 Å². The predicted octanol–water partition coefficient (Wildman–Crippen LogP) is 3.19. The smallest absolute Gasteiger partial charge is 0.316 e. The van der Waals surface area contributed by atoms with Gasteiger partial charge in [-0.15, -0.1) is 11.8 Å². The Bertz CT molecular complexity index is 872. The molecule has 0 aliphatic heterocycles. The van der Waals surface area contributed by atoms with Gasteiger partial charge in [-0.05, 0) is 44.2 Å². The maximum absolute atomic E-state index is 12.5. The number of carbonyl (C=O) groups excluding carboxylic acids is 3. The van der Waals surface area contributed by atoms with Gasteiger partial charge >= 0.3 is 11.9 Å². The van der Waals surface area contributed by atoms with Gasteiger partial charge in [0.2, 0.25) is 5.78 Å². The third-order valence-electron chi connectivity index (χ3n) is 4.42. The van der Waals surface area contributed by atoms with Crippen LogP contribution < -0.4 is 4.74 Å². The monoisotopic (exact) mass is 419 g/mol. The summed E-state index contributed by atoms with van der Waals surface area (Å²) in [6.45, 7) is 3.77. The summed E-state index contributed by atoms with van der Waals surface area (Å²) in [6.07, 6.45) is 0.220. The van der Waals surface area contributed by atoms with Crippen molar-refractivity contribution in [1.82, 2.24) is 4.57 Å². The molecule has 0 atom stereocenters. The molecule has 0 spiro atoms. The molecule has 1 aromatic carbocycles. The topological polar surface area (TPSA) is 83.8 Å². The van der Waals surface area contributed by atoms with E-state index in [4.69, 9.17) is 9.47 Å². The number of ketones is 1. The Morgan fingerprint density at radius 3 is 2.34 bits per heavy atom. The molecule has 29 heavy (non-hydrogen) atoms. The number of esters is 2. The minimum Gasteiger partial charge on any atom is -0.497 e. The first-order valence-electron chi connectivity index (χ1n) is 9.05. The van der Waals surface area contributed by atoms with Crippen molar-refractivity contribution >= 4 is 29.5 Å². The van der Waals surface area contributed by atoms with E-state index < -0.39 is 5.97 Å². The average molecular weight is 419 g/mol. The van der Waals surface area contributed by atoms with Crippen LogP contribution in [0.5, 0.6) is 5.75 Å².